The average molecular weight is 314 g/mol. The first-order chi connectivity index (χ1) is 9.88. The summed E-state index contributed by atoms with van der Waals surface area (Å²) < 4.78 is 27.8. The van der Waals surface area contributed by atoms with Gasteiger partial charge < -0.3 is 5.32 Å². The molecule has 0 aliphatic heterocycles. The smallest absolute Gasteiger partial charge is 0.258 e. The highest BCUT2D eigenvalue weighted by atomic mass is 32.2. The molecule has 7 heteroatoms. The lowest BCUT2D eigenvalue weighted by Gasteiger charge is -2.26. The number of hydrogen-bond donors (Lipinski definition) is 3. The second-order valence-corrected chi connectivity index (χ2v) is 7.99. The molecule has 1 aromatic rings. The summed E-state index contributed by atoms with van der Waals surface area (Å²) in [6, 6.07) is 0.337. The van der Waals surface area contributed by atoms with Crippen LogP contribution < -0.4 is 10.0 Å². The maximum absolute atomic E-state index is 12.5. The number of H-pyrrole nitrogens is 1. The number of aromatic amines is 1. The van der Waals surface area contributed by atoms with Gasteiger partial charge >= 0.3 is 0 Å². The topological polar surface area (TPSA) is 86.9 Å². The van der Waals surface area contributed by atoms with E-state index in [9.17, 15) is 8.42 Å². The van der Waals surface area contributed by atoms with Gasteiger partial charge in [-0.3, -0.25) is 5.10 Å². The van der Waals surface area contributed by atoms with Gasteiger partial charge in [0.25, 0.3) is 10.0 Å². The van der Waals surface area contributed by atoms with Crippen LogP contribution in [-0.4, -0.2) is 30.7 Å². The van der Waals surface area contributed by atoms with E-state index in [0.29, 0.717) is 24.1 Å². The zero-order chi connectivity index (χ0) is 15.5. The van der Waals surface area contributed by atoms with Gasteiger partial charge in [0.05, 0.1) is 6.20 Å². The third-order valence-electron chi connectivity index (χ3n) is 3.99. The van der Waals surface area contributed by atoms with E-state index >= 15 is 0 Å². The molecule has 0 atom stereocenters. The summed E-state index contributed by atoms with van der Waals surface area (Å²) in [6.45, 7) is 6.76. The van der Waals surface area contributed by atoms with Crippen molar-refractivity contribution in [1.82, 2.24) is 20.2 Å². The van der Waals surface area contributed by atoms with Crippen LogP contribution in [0.2, 0.25) is 0 Å². The number of nitrogens with zero attached hydrogens (tertiary/aromatic N) is 1. The van der Waals surface area contributed by atoms with Gasteiger partial charge in [-0.2, -0.15) is 5.10 Å². The molecule has 1 fully saturated rings. The molecule has 21 heavy (non-hydrogen) atoms. The van der Waals surface area contributed by atoms with Crippen molar-refractivity contribution < 1.29 is 8.42 Å². The Labute approximate surface area is 127 Å². The van der Waals surface area contributed by atoms with Crippen molar-refractivity contribution in [3.63, 3.8) is 0 Å². The summed E-state index contributed by atoms with van der Waals surface area (Å²) in [7, 11) is -3.52. The van der Waals surface area contributed by atoms with E-state index in [1.165, 1.54) is 0 Å². The zero-order valence-electron chi connectivity index (χ0n) is 13.0. The third kappa shape index (κ3) is 4.52. The molecule has 2 rings (SSSR count). The fraction of sp³-hybridized carbons (Fsp3) is 0.786. The van der Waals surface area contributed by atoms with E-state index in [-0.39, 0.29) is 11.1 Å². The Morgan fingerprint density at radius 2 is 2.00 bits per heavy atom. The largest absolute Gasteiger partial charge is 0.310 e. The van der Waals surface area contributed by atoms with Crippen LogP contribution in [0.5, 0.6) is 0 Å². The lowest BCUT2D eigenvalue weighted by molar-refractivity contribution is 0.332. The molecule has 1 aliphatic carbocycles. The molecular formula is C14H26N4O2S. The molecule has 0 unspecified atom stereocenters. The predicted octanol–water partition coefficient (Wildman–Crippen LogP) is 1.76. The van der Waals surface area contributed by atoms with Crippen molar-refractivity contribution in [3.05, 3.63) is 11.8 Å². The standard InChI is InChI=1S/C14H26N4O2S/c1-10(2)15-8-12-9-16-17-14(12)21(19,20)18-13-6-4-11(3)5-7-13/h9-11,13,15,18H,4-8H2,1-3H3,(H,16,17). The minimum atomic E-state index is -3.52. The van der Waals surface area contributed by atoms with E-state index in [4.69, 9.17) is 0 Å². The molecule has 6 nitrogen and oxygen atoms in total. The molecule has 0 radical (unpaired) electrons. The van der Waals surface area contributed by atoms with Gasteiger partial charge in [0.15, 0.2) is 5.03 Å². The van der Waals surface area contributed by atoms with Crippen LogP contribution >= 0.6 is 0 Å². The normalized spacial score (nSPS) is 23.6. The first kappa shape index (κ1) is 16.5. The number of sulfonamides is 1. The highest BCUT2D eigenvalue weighted by Gasteiger charge is 2.26. The van der Waals surface area contributed by atoms with Gasteiger partial charge in [0.1, 0.15) is 0 Å². The summed E-state index contributed by atoms with van der Waals surface area (Å²) in [4.78, 5) is 0. The Hall–Kier alpha value is -0.920. The first-order valence-electron chi connectivity index (χ1n) is 7.66. The van der Waals surface area contributed by atoms with E-state index in [0.717, 1.165) is 25.7 Å². The highest BCUT2D eigenvalue weighted by molar-refractivity contribution is 7.89. The van der Waals surface area contributed by atoms with E-state index < -0.39 is 10.0 Å². The predicted molar refractivity (Wildman–Crippen MR) is 82.3 cm³/mol. The van der Waals surface area contributed by atoms with Gasteiger partial charge in [-0.05, 0) is 31.6 Å². The molecule has 0 spiro atoms. The van der Waals surface area contributed by atoms with Gasteiger partial charge in [-0.25, -0.2) is 13.1 Å². The monoisotopic (exact) mass is 314 g/mol. The maximum atomic E-state index is 12.5. The molecule has 1 heterocycles. The fourth-order valence-corrected chi connectivity index (χ4v) is 4.06. The number of rotatable bonds is 6. The van der Waals surface area contributed by atoms with E-state index in [1.54, 1.807) is 6.20 Å². The van der Waals surface area contributed by atoms with Gasteiger partial charge in [0.2, 0.25) is 0 Å². The highest BCUT2D eigenvalue weighted by Crippen LogP contribution is 2.25. The number of hydrogen-bond acceptors (Lipinski definition) is 4. The Morgan fingerprint density at radius 3 is 2.62 bits per heavy atom. The van der Waals surface area contributed by atoms with Crippen LogP contribution in [0.25, 0.3) is 0 Å². The zero-order valence-corrected chi connectivity index (χ0v) is 13.8. The summed E-state index contributed by atoms with van der Waals surface area (Å²) in [5.74, 6) is 0.698. The van der Waals surface area contributed by atoms with Crippen LogP contribution in [0.4, 0.5) is 0 Å². The molecule has 0 aromatic carbocycles. The minimum absolute atomic E-state index is 0.0420. The van der Waals surface area contributed by atoms with E-state index in [1.807, 2.05) is 13.8 Å². The van der Waals surface area contributed by atoms with Crippen molar-refractivity contribution in [2.45, 2.75) is 70.1 Å². The van der Waals surface area contributed by atoms with Crippen LogP contribution in [0.3, 0.4) is 0 Å². The second-order valence-electron chi connectivity index (χ2n) is 6.34. The van der Waals surface area contributed by atoms with E-state index in [2.05, 4.69) is 27.2 Å². The summed E-state index contributed by atoms with van der Waals surface area (Å²) in [6.07, 6.45) is 5.56. The molecule has 1 saturated carbocycles. The summed E-state index contributed by atoms with van der Waals surface area (Å²) in [5, 5.41) is 9.92. The number of nitrogens with one attached hydrogen (secondary N) is 3. The number of aromatic nitrogens is 2. The molecule has 1 aliphatic rings. The Morgan fingerprint density at radius 1 is 1.33 bits per heavy atom. The van der Waals surface area contributed by atoms with Crippen LogP contribution in [-0.2, 0) is 16.6 Å². The second kappa shape index (κ2) is 6.89. The SMILES string of the molecule is CC1CCC(NS(=O)(=O)c2[nH]ncc2CNC(C)C)CC1. The quantitative estimate of drug-likeness (QED) is 0.747. The fourth-order valence-electron chi connectivity index (χ4n) is 2.63. The van der Waals surface area contributed by atoms with Crippen molar-refractivity contribution in [1.29, 1.82) is 0 Å². The molecule has 120 valence electrons. The lowest BCUT2D eigenvalue weighted by Crippen LogP contribution is -2.38. The first-order valence-corrected chi connectivity index (χ1v) is 9.14. The van der Waals surface area contributed by atoms with Crippen molar-refractivity contribution >= 4 is 10.0 Å². The summed E-state index contributed by atoms with van der Waals surface area (Å²) in [5.41, 5.74) is 0.681. The van der Waals surface area contributed by atoms with Crippen LogP contribution in [0, 0.1) is 5.92 Å². The van der Waals surface area contributed by atoms with Gasteiger partial charge in [-0.1, -0.05) is 20.8 Å². The summed E-state index contributed by atoms with van der Waals surface area (Å²) >= 11 is 0. The maximum Gasteiger partial charge on any atom is 0.258 e. The molecule has 0 amide bonds. The lowest BCUT2D eigenvalue weighted by atomic mass is 9.88. The average Bonchev–Trinajstić information content (AvgIpc) is 2.88. The van der Waals surface area contributed by atoms with Crippen LogP contribution in [0.15, 0.2) is 11.2 Å². The third-order valence-corrected chi connectivity index (χ3v) is 5.52. The molecular weight excluding hydrogens is 288 g/mol. The molecule has 0 bridgehead atoms. The van der Waals surface area contributed by atoms with Crippen molar-refractivity contribution in [2.24, 2.45) is 5.92 Å². The Kier molecular flexibility index (Phi) is 5.40. The van der Waals surface area contributed by atoms with Crippen molar-refractivity contribution in [2.75, 3.05) is 0 Å². The van der Waals surface area contributed by atoms with Crippen molar-refractivity contribution in [3.8, 4) is 0 Å². The minimum Gasteiger partial charge on any atom is -0.310 e. The van der Waals surface area contributed by atoms with Gasteiger partial charge in [-0.15, -0.1) is 0 Å². The Bertz CT molecular complexity index is 545. The molecule has 3 N–H and O–H groups in total. The molecule has 1 aromatic heterocycles. The van der Waals surface area contributed by atoms with Crippen LogP contribution in [0.1, 0.15) is 52.0 Å². The molecule has 0 saturated heterocycles. The van der Waals surface area contributed by atoms with Gasteiger partial charge in [0, 0.05) is 24.2 Å². The Balaban J connectivity index is 2.04.